The molecule has 1 nitrogen and oxygen atoms in total. The largest absolute Gasteiger partial charge is 0.381 e. The highest BCUT2D eigenvalue weighted by Gasteiger charge is 2.53. The lowest BCUT2D eigenvalue weighted by Crippen LogP contribution is -2.43. The fourth-order valence-corrected chi connectivity index (χ4v) is 5.13. The monoisotopic (exact) mass is 263 g/mol. The summed E-state index contributed by atoms with van der Waals surface area (Å²) in [6.07, 6.45) is 4.92. The zero-order valence-electron chi connectivity index (χ0n) is 10.4. The van der Waals surface area contributed by atoms with Crippen molar-refractivity contribution >= 4 is 17.4 Å². The van der Waals surface area contributed by atoms with Crippen molar-refractivity contribution in [3.05, 3.63) is 29.6 Å². The Balaban J connectivity index is 1.85. The molecule has 96 valence electrons. The molecular weight excluding hydrogens is 245 g/mol. The molecule has 0 radical (unpaired) electrons. The second-order valence-electron chi connectivity index (χ2n) is 5.89. The van der Waals surface area contributed by atoms with Gasteiger partial charge in [-0.3, -0.25) is 0 Å². The topological polar surface area (TPSA) is 12.0 Å². The van der Waals surface area contributed by atoms with Gasteiger partial charge in [-0.15, -0.1) is 0 Å². The third-order valence-corrected chi connectivity index (χ3v) is 5.88. The van der Waals surface area contributed by atoms with Crippen LogP contribution in [0, 0.1) is 11.7 Å². The summed E-state index contributed by atoms with van der Waals surface area (Å²) >= 11 is 2.02. The molecule has 1 aliphatic carbocycles. The first kappa shape index (κ1) is 11.2. The van der Waals surface area contributed by atoms with Gasteiger partial charge in [0.2, 0.25) is 0 Å². The quantitative estimate of drug-likeness (QED) is 0.827. The van der Waals surface area contributed by atoms with Crippen LogP contribution in [0.4, 0.5) is 10.1 Å². The van der Waals surface area contributed by atoms with Crippen LogP contribution in [0.3, 0.4) is 0 Å². The second-order valence-corrected chi connectivity index (χ2v) is 7.12. The van der Waals surface area contributed by atoms with Crippen molar-refractivity contribution in [1.82, 2.24) is 0 Å². The molecule has 0 amide bonds. The van der Waals surface area contributed by atoms with E-state index >= 15 is 0 Å². The van der Waals surface area contributed by atoms with E-state index in [1.165, 1.54) is 24.3 Å². The molecular formula is C15H18FNS. The van der Waals surface area contributed by atoms with Crippen LogP contribution in [-0.2, 0) is 5.41 Å². The number of halogens is 1. The predicted molar refractivity (Wildman–Crippen MR) is 74.8 cm³/mol. The van der Waals surface area contributed by atoms with Crippen molar-refractivity contribution in [2.75, 3.05) is 16.8 Å². The maximum absolute atomic E-state index is 14.3. The molecule has 1 aromatic carbocycles. The van der Waals surface area contributed by atoms with Gasteiger partial charge in [-0.1, -0.05) is 6.07 Å². The van der Waals surface area contributed by atoms with Gasteiger partial charge in [-0.25, -0.2) is 4.39 Å². The molecule has 0 bridgehead atoms. The van der Waals surface area contributed by atoms with Gasteiger partial charge >= 0.3 is 0 Å². The van der Waals surface area contributed by atoms with Crippen molar-refractivity contribution in [2.45, 2.75) is 37.1 Å². The van der Waals surface area contributed by atoms with Crippen LogP contribution < -0.4 is 5.32 Å². The summed E-state index contributed by atoms with van der Waals surface area (Å²) in [5.41, 5.74) is 2.16. The van der Waals surface area contributed by atoms with Crippen molar-refractivity contribution in [3.63, 3.8) is 0 Å². The van der Waals surface area contributed by atoms with E-state index in [1.54, 1.807) is 6.07 Å². The standard InChI is InChI=1S/C15H18FNS/c16-11-2-1-3-12-13(11)15(6-8-18-9-7-15)14(17-12)10-4-5-10/h1-3,10,14,17H,4-9H2. The normalized spacial score (nSPS) is 29.1. The average molecular weight is 263 g/mol. The van der Waals surface area contributed by atoms with E-state index < -0.39 is 0 Å². The van der Waals surface area contributed by atoms with Gasteiger partial charge in [0.1, 0.15) is 5.82 Å². The lowest BCUT2D eigenvalue weighted by Gasteiger charge is -2.39. The van der Waals surface area contributed by atoms with Crippen LogP contribution >= 0.6 is 11.8 Å². The summed E-state index contributed by atoms with van der Waals surface area (Å²) in [7, 11) is 0. The van der Waals surface area contributed by atoms with Crippen molar-refractivity contribution < 1.29 is 4.39 Å². The van der Waals surface area contributed by atoms with Crippen LogP contribution in [0.5, 0.6) is 0 Å². The van der Waals surface area contributed by atoms with E-state index in [4.69, 9.17) is 0 Å². The Morgan fingerprint density at radius 3 is 2.72 bits per heavy atom. The first-order valence-corrected chi connectivity index (χ1v) is 8.10. The molecule has 0 aromatic heterocycles. The number of hydrogen-bond donors (Lipinski definition) is 1. The van der Waals surface area contributed by atoms with Gasteiger partial charge in [0.15, 0.2) is 0 Å². The highest BCUT2D eigenvalue weighted by atomic mass is 32.2. The molecule has 1 saturated carbocycles. The molecule has 1 unspecified atom stereocenters. The Kier molecular flexibility index (Phi) is 2.41. The number of fused-ring (bicyclic) bond motifs is 2. The lowest BCUT2D eigenvalue weighted by atomic mass is 9.70. The van der Waals surface area contributed by atoms with Gasteiger partial charge in [0, 0.05) is 22.7 Å². The van der Waals surface area contributed by atoms with E-state index in [0.29, 0.717) is 6.04 Å². The Bertz CT molecular complexity index is 477. The first-order chi connectivity index (χ1) is 8.81. The van der Waals surface area contributed by atoms with Gasteiger partial charge in [-0.05, 0) is 55.2 Å². The number of thioether (sulfide) groups is 1. The molecule has 1 N–H and O–H groups in total. The number of benzene rings is 1. The number of anilines is 1. The van der Waals surface area contributed by atoms with E-state index in [1.807, 2.05) is 17.8 Å². The van der Waals surface area contributed by atoms with Crippen LogP contribution in [0.2, 0.25) is 0 Å². The third-order valence-electron chi connectivity index (χ3n) is 4.90. The Morgan fingerprint density at radius 2 is 2.00 bits per heavy atom. The minimum Gasteiger partial charge on any atom is -0.381 e. The van der Waals surface area contributed by atoms with Crippen LogP contribution in [0.15, 0.2) is 18.2 Å². The van der Waals surface area contributed by atoms with Crippen LogP contribution in [-0.4, -0.2) is 17.5 Å². The van der Waals surface area contributed by atoms with Gasteiger partial charge in [0.05, 0.1) is 0 Å². The zero-order valence-corrected chi connectivity index (χ0v) is 11.2. The summed E-state index contributed by atoms with van der Waals surface area (Å²) in [6, 6.07) is 6.02. The van der Waals surface area contributed by atoms with Gasteiger partial charge in [-0.2, -0.15) is 11.8 Å². The molecule has 2 heterocycles. The highest BCUT2D eigenvalue weighted by molar-refractivity contribution is 7.99. The van der Waals surface area contributed by atoms with Crippen molar-refractivity contribution in [1.29, 1.82) is 0 Å². The third kappa shape index (κ3) is 1.46. The summed E-state index contributed by atoms with van der Waals surface area (Å²) in [6.45, 7) is 0. The van der Waals surface area contributed by atoms with Gasteiger partial charge < -0.3 is 5.32 Å². The summed E-state index contributed by atoms with van der Waals surface area (Å²) in [5, 5.41) is 3.65. The minimum absolute atomic E-state index is 0.00931. The molecule has 2 aliphatic heterocycles. The molecule has 18 heavy (non-hydrogen) atoms. The number of rotatable bonds is 1. The van der Waals surface area contributed by atoms with Crippen molar-refractivity contribution in [3.8, 4) is 0 Å². The summed E-state index contributed by atoms with van der Waals surface area (Å²) in [5.74, 6) is 3.15. The maximum Gasteiger partial charge on any atom is 0.129 e. The molecule has 1 spiro atoms. The summed E-state index contributed by atoms with van der Waals surface area (Å²) < 4.78 is 14.3. The SMILES string of the molecule is Fc1cccc2c1C1(CCSCC1)C(C1CC1)N2. The maximum atomic E-state index is 14.3. The second kappa shape index (κ2) is 3.89. The fraction of sp³-hybridized carbons (Fsp3) is 0.600. The molecule has 2 fully saturated rings. The lowest BCUT2D eigenvalue weighted by molar-refractivity contribution is 0.319. The molecule has 1 saturated heterocycles. The Hall–Kier alpha value is -0.700. The average Bonchev–Trinajstić information content (AvgIpc) is 3.17. The van der Waals surface area contributed by atoms with E-state index in [-0.39, 0.29) is 11.2 Å². The highest BCUT2D eigenvalue weighted by Crippen LogP contribution is 2.55. The first-order valence-electron chi connectivity index (χ1n) is 6.94. The number of nitrogens with one attached hydrogen (secondary N) is 1. The summed E-state index contributed by atoms with van der Waals surface area (Å²) in [4.78, 5) is 0. The molecule has 4 rings (SSSR count). The molecule has 3 aliphatic rings. The molecule has 1 aromatic rings. The van der Waals surface area contributed by atoms with Crippen LogP contribution in [0.25, 0.3) is 0 Å². The minimum atomic E-state index is 0.00931. The fourth-order valence-electron chi connectivity index (χ4n) is 3.91. The number of hydrogen-bond acceptors (Lipinski definition) is 2. The van der Waals surface area contributed by atoms with Crippen molar-refractivity contribution in [2.24, 2.45) is 5.92 Å². The molecule has 3 heteroatoms. The Labute approximate surface area is 112 Å². The van der Waals surface area contributed by atoms with E-state index in [9.17, 15) is 4.39 Å². The Morgan fingerprint density at radius 1 is 1.22 bits per heavy atom. The molecule has 1 atom stereocenters. The van der Waals surface area contributed by atoms with E-state index in [2.05, 4.69) is 11.4 Å². The van der Waals surface area contributed by atoms with E-state index in [0.717, 1.165) is 30.0 Å². The van der Waals surface area contributed by atoms with Gasteiger partial charge in [0.25, 0.3) is 0 Å². The predicted octanol–water partition coefficient (Wildman–Crippen LogP) is 3.79. The smallest absolute Gasteiger partial charge is 0.129 e. The zero-order chi connectivity index (χ0) is 12.2. The van der Waals surface area contributed by atoms with Crippen LogP contribution in [0.1, 0.15) is 31.2 Å².